The Morgan fingerprint density at radius 1 is 1.28 bits per heavy atom. The Balaban J connectivity index is 1.53. The molecule has 2 heterocycles. The fourth-order valence-corrected chi connectivity index (χ4v) is 3.60. The summed E-state index contributed by atoms with van der Waals surface area (Å²) >= 11 is 0.802. The number of benzene rings is 1. The predicted octanol–water partition coefficient (Wildman–Crippen LogP) is 2.60. The van der Waals surface area contributed by atoms with Crippen molar-refractivity contribution in [3.8, 4) is 5.75 Å². The number of aliphatic hydroxyl groups excluding tert-OH is 1. The highest BCUT2D eigenvalue weighted by molar-refractivity contribution is 8.18. The molecular formula is C20H20N2O6S. The van der Waals surface area contributed by atoms with Gasteiger partial charge in [-0.25, -0.2) is 0 Å². The molecule has 0 saturated carbocycles. The van der Waals surface area contributed by atoms with Crippen molar-refractivity contribution in [2.24, 2.45) is 0 Å². The van der Waals surface area contributed by atoms with Crippen LogP contribution < -0.4 is 0 Å². The van der Waals surface area contributed by atoms with Crippen molar-refractivity contribution >= 4 is 34.9 Å². The standard InChI is InChI=1S/C20H20N2O6S/c1-21(12-16(24)13-4-6-14(23)7-5-13)18(25)8-9-22-19(26)17(29-20(22)27)11-15-3-2-10-28-15/h2-7,10-11,16,23-24H,8-9,12H2,1H3/b17-11-/t16-/m0/s1. The van der Waals surface area contributed by atoms with Crippen LogP contribution >= 0.6 is 11.8 Å². The van der Waals surface area contributed by atoms with E-state index in [9.17, 15) is 24.6 Å². The van der Waals surface area contributed by atoms with Crippen molar-refractivity contribution in [2.45, 2.75) is 12.5 Å². The second-order valence-electron chi connectivity index (χ2n) is 6.48. The van der Waals surface area contributed by atoms with Crippen LogP contribution in [0.5, 0.6) is 5.75 Å². The van der Waals surface area contributed by atoms with Crippen molar-refractivity contribution in [1.29, 1.82) is 0 Å². The number of imide groups is 1. The summed E-state index contributed by atoms with van der Waals surface area (Å²) in [6, 6.07) is 9.41. The number of nitrogens with zero attached hydrogens (tertiary/aromatic N) is 2. The second kappa shape index (κ2) is 8.97. The van der Waals surface area contributed by atoms with E-state index in [1.165, 1.54) is 36.4 Å². The first-order valence-electron chi connectivity index (χ1n) is 8.85. The van der Waals surface area contributed by atoms with Crippen LogP contribution in [0.2, 0.25) is 0 Å². The summed E-state index contributed by atoms with van der Waals surface area (Å²) in [6.45, 7) is 0.00252. The van der Waals surface area contributed by atoms with Gasteiger partial charge >= 0.3 is 0 Å². The summed E-state index contributed by atoms with van der Waals surface area (Å²) in [5.41, 5.74) is 0.566. The van der Waals surface area contributed by atoms with Crippen LogP contribution in [0.15, 0.2) is 52.0 Å². The van der Waals surface area contributed by atoms with E-state index in [0.29, 0.717) is 11.3 Å². The molecule has 8 nitrogen and oxygen atoms in total. The predicted molar refractivity (Wildman–Crippen MR) is 107 cm³/mol. The van der Waals surface area contributed by atoms with E-state index in [2.05, 4.69) is 0 Å². The number of aliphatic hydroxyl groups is 1. The molecule has 0 radical (unpaired) electrons. The number of likely N-dealkylation sites (N-methyl/N-ethyl adjacent to an activating group) is 1. The van der Waals surface area contributed by atoms with Crippen molar-refractivity contribution in [3.05, 3.63) is 58.9 Å². The van der Waals surface area contributed by atoms with Crippen LogP contribution in [-0.2, 0) is 9.59 Å². The number of thioether (sulfide) groups is 1. The molecule has 1 aliphatic heterocycles. The molecule has 1 aromatic heterocycles. The molecule has 2 N–H and O–H groups in total. The van der Waals surface area contributed by atoms with Crippen molar-refractivity contribution in [3.63, 3.8) is 0 Å². The maximum atomic E-state index is 12.4. The van der Waals surface area contributed by atoms with Gasteiger partial charge in [0.15, 0.2) is 0 Å². The Kier molecular flexibility index (Phi) is 6.40. The number of phenolic OH excluding ortho intramolecular Hbond substituents is 1. The van der Waals surface area contributed by atoms with E-state index in [1.807, 2.05) is 0 Å². The van der Waals surface area contributed by atoms with Crippen molar-refractivity contribution < 1.29 is 29.0 Å². The van der Waals surface area contributed by atoms with Crippen molar-refractivity contribution in [1.82, 2.24) is 9.80 Å². The molecule has 3 rings (SSSR count). The number of hydrogen-bond acceptors (Lipinski definition) is 7. The summed E-state index contributed by atoms with van der Waals surface area (Å²) in [5.74, 6) is -0.217. The normalized spacial score (nSPS) is 16.5. The highest BCUT2D eigenvalue weighted by Gasteiger charge is 2.35. The first kappa shape index (κ1) is 20.7. The minimum atomic E-state index is -0.919. The molecule has 0 bridgehead atoms. The van der Waals surface area contributed by atoms with Crippen LogP contribution in [0.1, 0.15) is 23.8 Å². The molecule has 0 spiro atoms. The van der Waals surface area contributed by atoms with Gasteiger partial charge in [-0.05, 0) is 41.6 Å². The number of hydrogen-bond donors (Lipinski definition) is 2. The van der Waals surface area contributed by atoms with Gasteiger partial charge in [0.1, 0.15) is 11.5 Å². The molecule has 9 heteroatoms. The molecule has 1 aromatic carbocycles. The molecule has 0 unspecified atom stereocenters. The zero-order chi connectivity index (χ0) is 21.0. The van der Waals surface area contributed by atoms with Crippen molar-refractivity contribution in [2.75, 3.05) is 20.1 Å². The molecule has 1 saturated heterocycles. The Morgan fingerprint density at radius 3 is 2.66 bits per heavy atom. The van der Waals surface area contributed by atoms with E-state index in [0.717, 1.165) is 16.7 Å². The summed E-state index contributed by atoms with van der Waals surface area (Å²) in [6.07, 6.45) is 1.99. The Labute approximate surface area is 171 Å². The van der Waals surface area contributed by atoms with E-state index in [1.54, 1.807) is 24.3 Å². The second-order valence-corrected chi connectivity index (χ2v) is 7.47. The number of carbonyl (C=O) groups is 3. The number of phenols is 1. The Bertz CT molecular complexity index is 923. The monoisotopic (exact) mass is 416 g/mol. The van der Waals surface area contributed by atoms with Crippen LogP contribution in [0.3, 0.4) is 0 Å². The number of aromatic hydroxyl groups is 1. The van der Waals surface area contributed by atoms with Crippen LogP contribution in [0.25, 0.3) is 6.08 Å². The van der Waals surface area contributed by atoms with E-state index >= 15 is 0 Å². The number of rotatable bonds is 7. The van der Waals surface area contributed by atoms with E-state index in [4.69, 9.17) is 4.42 Å². The molecule has 3 amide bonds. The number of furan rings is 1. The molecular weight excluding hydrogens is 396 g/mol. The average Bonchev–Trinajstić information content (AvgIpc) is 3.29. The largest absolute Gasteiger partial charge is 0.508 e. The van der Waals surface area contributed by atoms with Gasteiger partial charge in [-0.2, -0.15) is 0 Å². The van der Waals surface area contributed by atoms with Crippen LogP contribution in [0, 0.1) is 0 Å². The quantitative estimate of drug-likeness (QED) is 0.668. The highest BCUT2D eigenvalue weighted by atomic mass is 32.2. The lowest BCUT2D eigenvalue weighted by Gasteiger charge is -2.22. The molecule has 29 heavy (non-hydrogen) atoms. The third-order valence-corrected chi connectivity index (χ3v) is 5.30. The van der Waals surface area contributed by atoms with Gasteiger partial charge in [0.25, 0.3) is 11.1 Å². The third kappa shape index (κ3) is 5.07. The van der Waals surface area contributed by atoms with Gasteiger partial charge in [0.2, 0.25) is 5.91 Å². The maximum absolute atomic E-state index is 12.4. The zero-order valence-corrected chi connectivity index (χ0v) is 16.5. The van der Waals surface area contributed by atoms with Gasteiger partial charge in [-0.1, -0.05) is 12.1 Å². The Morgan fingerprint density at radius 2 is 2.00 bits per heavy atom. The van der Waals surface area contributed by atoms with Crippen LogP contribution in [-0.4, -0.2) is 57.2 Å². The fourth-order valence-electron chi connectivity index (χ4n) is 2.76. The SMILES string of the molecule is CN(C[C@H](O)c1ccc(O)cc1)C(=O)CCN1C(=O)S/C(=C\c2ccco2)C1=O. The molecule has 1 atom stereocenters. The first-order chi connectivity index (χ1) is 13.8. The smallest absolute Gasteiger partial charge is 0.293 e. The van der Waals surface area contributed by atoms with Crippen LogP contribution in [0.4, 0.5) is 4.79 Å². The number of carbonyl (C=O) groups excluding carboxylic acids is 3. The first-order valence-corrected chi connectivity index (χ1v) is 9.66. The van der Waals surface area contributed by atoms with Gasteiger partial charge in [-0.15, -0.1) is 0 Å². The lowest BCUT2D eigenvalue weighted by Crippen LogP contribution is -2.36. The molecule has 1 aliphatic rings. The van der Waals surface area contributed by atoms with Gasteiger partial charge in [-0.3, -0.25) is 19.3 Å². The minimum absolute atomic E-state index is 0.0430. The van der Waals surface area contributed by atoms with Gasteiger partial charge in [0.05, 0.1) is 23.8 Å². The summed E-state index contributed by atoms with van der Waals surface area (Å²) in [5, 5.41) is 19.1. The zero-order valence-electron chi connectivity index (χ0n) is 15.6. The fraction of sp³-hybridized carbons (Fsp3) is 0.250. The third-order valence-electron chi connectivity index (χ3n) is 4.39. The highest BCUT2D eigenvalue weighted by Crippen LogP contribution is 2.32. The van der Waals surface area contributed by atoms with E-state index in [-0.39, 0.29) is 36.1 Å². The summed E-state index contributed by atoms with van der Waals surface area (Å²) in [7, 11) is 1.54. The number of amides is 3. The lowest BCUT2D eigenvalue weighted by molar-refractivity contribution is -0.131. The molecule has 1 fully saturated rings. The summed E-state index contributed by atoms with van der Waals surface area (Å²) in [4.78, 5) is 39.5. The summed E-state index contributed by atoms with van der Waals surface area (Å²) < 4.78 is 5.15. The van der Waals surface area contributed by atoms with Gasteiger partial charge in [0, 0.05) is 26.1 Å². The molecule has 152 valence electrons. The lowest BCUT2D eigenvalue weighted by atomic mass is 10.1. The van der Waals surface area contributed by atoms with Gasteiger partial charge < -0.3 is 19.5 Å². The molecule has 0 aliphatic carbocycles. The Hall–Kier alpha value is -3.04. The topological polar surface area (TPSA) is 111 Å². The maximum Gasteiger partial charge on any atom is 0.293 e. The minimum Gasteiger partial charge on any atom is -0.508 e. The average molecular weight is 416 g/mol. The molecule has 2 aromatic rings. The van der Waals surface area contributed by atoms with E-state index < -0.39 is 17.3 Å².